The third-order valence-corrected chi connectivity index (χ3v) is 6.65. The van der Waals surface area contributed by atoms with Crippen LogP contribution in [0.1, 0.15) is 19.4 Å². The van der Waals surface area contributed by atoms with Crippen LogP contribution in [-0.2, 0) is 15.3 Å². The van der Waals surface area contributed by atoms with Gasteiger partial charge in [0.15, 0.2) is 0 Å². The average molecular weight is 315 g/mol. The molecule has 0 radical (unpaired) electrons. The Morgan fingerprint density at radius 2 is 2.00 bits per heavy atom. The molecule has 0 saturated carbocycles. The van der Waals surface area contributed by atoms with Gasteiger partial charge in [0.05, 0.1) is 27.1 Å². The molecule has 0 aromatic heterocycles. The first-order chi connectivity index (χ1) is 9.65. The van der Waals surface area contributed by atoms with Gasteiger partial charge in [-0.2, -0.15) is 5.26 Å². The molecule has 0 aliphatic rings. The highest BCUT2D eigenvalue weighted by Crippen LogP contribution is 2.29. The van der Waals surface area contributed by atoms with Gasteiger partial charge in [0.2, 0.25) is 0 Å². The van der Waals surface area contributed by atoms with E-state index in [0.29, 0.717) is 0 Å². The molecule has 0 unspecified atom stereocenters. The van der Waals surface area contributed by atoms with Crippen molar-refractivity contribution in [2.75, 3.05) is 19.5 Å². The van der Waals surface area contributed by atoms with Gasteiger partial charge in [0.25, 0.3) is 0 Å². The maximum Gasteiger partial charge on any atom is 0.135 e. The number of nitriles is 1. The Morgan fingerprint density at radius 1 is 1.43 bits per heavy atom. The topological polar surface area (TPSA) is 79.2 Å². The van der Waals surface area contributed by atoms with Gasteiger partial charge in [-0.3, -0.25) is 0 Å². The van der Waals surface area contributed by atoms with Gasteiger partial charge in [-0.05, 0) is 19.9 Å². The maximum absolute atomic E-state index is 13.9. The highest BCUT2D eigenvalue weighted by Gasteiger charge is 2.41. The summed E-state index contributed by atoms with van der Waals surface area (Å²) >= 11 is 0. The molecule has 1 rings (SSSR count). The monoisotopic (exact) mass is 315 g/mol. The van der Waals surface area contributed by atoms with Crippen LogP contribution in [0.3, 0.4) is 0 Å². The maximum atomic E-state index is 13.9. The zero-order valence-corrected chi connectivity index (χ0v) is 13.1. The zero-order chi connectivity index (χ0) is 16.3. The van der Waals surface area contributed by atoms with E-state index in [1.54, 1.807) is 0 Å². The molecule has 1 aromatic rings. The van der Waals surface area contributed by atoms with Crippen molar-refractivity contribution in [1.82, 2.24) is 0 Å². The lowest BCUT2D eigenvalue weighted by molar-refractivity contribution is 0.328. The Morgan fingerprint density at radius 3 is 2.43 bits per heavy atom. The lowest BCUT2D eigenvalue weighted by Gasteiger charge is -2.32. The van der Waals surface area contributed by atoms with E-state index in [9.17, 15) is 13.0 Å². The normalized spacial score (nSPS) is 17.4. The van der Waals surface area contributed by atoms with Crippen LogP contribution in [0.25, 0.3) is 0 Å². The second-order valence-electron chi connectivity index (χ2n) is 5.36. The molecule has 21 heavy (non-hydrogen) atoms. The summed E-state index contributed by atoms with van der Waals surface area (Å²) in [6.45, 7) is 1.78. The van der Waals surface area contributed by atoms with E-state index in [1.165, 1.54) is 39.1 Å². The fraction of sp³-hybridized carbons (Fsp3) is 0.500. The van der Waals surface area contributed by atoms with Crippen LogP contribution in [0.15, 0.2) is 28.6 Å². The largest absolute Gasteiger partial charge is 0.318 e. The van der Waals surface area contributed by atoms with E-state index in [4.69, 9.17) is 11.0 Å². The van der Waals surface area contributed by atoms with Crippen molar-refractivity contribution in [2.45, 2.75) is 24.1 Å². The van der Waals surface area contributed by atoms with E-state index < -0.39 is 38.3 Å². The molecule has 4 nitrogen and oxygen atoms in total. The van der Waals surface area contributed by atoms with Gasteiger partial charge in [-0.1, -0.05) is 18.2 Å². The summed E-state index contributed by atoms with van der Waals surface area (Å²) < 4.78 is 42.8. The summed E-state index contributed by atoms with van der Waals surface area (Å²) in [5, 5.41) is 9.16. The molecule has 0 spiro atoms. The van der Waals surface area contributed by atoms with Gasteiger partial charge in [0.1, 0.15) is 17.2 Å². The molecule has 2 atom stereocenters. The van der Waals surface area contributed by atoms with Crippen LogP contribution in [0.4, 0.5) is 8.78 Å². The highest BCUT2D eigenvalue weighted by molar-refractivity contribution is 7.95. The van der Waals surface area contributed by atoms with E-state index in [2.05, 4.69) is 4.36 Å². The molecular formula is C14H19F2N3OS. The molecule has 7 heteroatoms. The number of hydrogen-bond donors (Lipinski definition) is 1. The predicted octanol–water partition coefficient (Wildman–Crippen LogP) is 2.35. The van der Waals surface area contributed by atoms with Crippen LogP contribution >= 0.6 is 0 Å². The lowest BCUT2D eigenvalue weighted by atomic mass is 9.94. The van der Waals surface area contributed by atoms with Crippen LogP contribution in [0, 0.1) is 17.1 Å². The third-order valence-electron chi connectivity index (χ3n) is 3.46. The first kappa shape index (κ1) is 17.5. The molecule has 0 aliphatic heterocycles. The van der Waals surface area contributed by atoms with Gasteiger partial charge in [-0.25, -0.2) is 17.4 Å². The third kappa shape index (κ3) is 3.22. The number of benzene rings is 1. The first-order valence-electron chi connectivity index (χ1n) is 6.29. The Kier molecular flexibility index (Phi) is 5.07. The van der Waals surface area contributed by atoms with Crippen LogP contribution < -0.4 is 5.73 Å². The van der Waals surface area contributed by atoms with Crippen molar-refractivity contribution >= 4 is 9.73 Å². The summed E-state index contributed by atoms with van der Waals surface area (Å²) in [7, 11) is -1.86. The Bertz CT molecular complexity index is 675. The standard InChI is InChI=1S/C14H19F2N3OS/c1-13(2,9-17)21(20,19-3)10-14(18,8-15)11-6-4-5-7-12(11)16/h4-7H,8,10,18H2,1-3H3/t14-,21+/m0/s1. The molecular weight excluding hydrogens is 296 g/mol. The first-order valence-corrected chi connectivity index (χ1v) is 7.98. The van der Waals surface area contributed by atoms with Gasteiger partial charge in [-0.15, -0.1) is 0 Å². The van der Waals surface area contributed by atoms with Crippen molar-refractivity contribution in [2.24, 2.45) is 10.1 Å². The second-order valence-corrected chi connectivity index (χ2v) is 8.31. The Balaban J connectivity index is 3.40. The van der Waals surface area contributed by atoms with Crippen molar-refractivity contribution in [3.63, 3.8) is 0 Å². The quantitative estimate of drug-likeness (QED) is 0.906. The zero-order valence-electron chi connectivity index (χ0n) is 12.3. The molecule has 116 valence electrons. The molecule has 0 amide bonds. The molecule has 0 bridgehead atoms. The lowest BCUT2D eigenvalue weighted by Crippen LogP contribution is -2.49. The summed E-state index contributed by atoms with van der Waals surface area (Å²) in [6.07, 6.45) is 0. The molecule has 0 aliphatic carbocycles. The molecule has 1 aromatic carbocycles. The van der Waals surface area contributed by atoms with E-state index in [-0.39, 0.29) is 5.56 Å². The van der Waals surface area contributed by atoms with E-state index in [1.807, 2.05) is 6.07 Å². The number of nitrogens with two attached hydrogens (primary N) is 1. The van der Waals surface area contributed by atoms with Crippen LogP contribution in [-0.4, -0.2) is 28.4 Å². The van der Waals surface area contributed by atoms with Gasteiger partial charge >= 0.3 is 0 Å². The van der Waals surface area contributed by atoms with Crippen molar-refractivity contribution in [3.05, 3.63) is 35.6 Å². The van der Waals surface area contributed by atoms with Crippen LogP contribution in [0.5, 0.6) is 0 Å². The highest BCUT2D eigenvalue weighted by atomic mass is 32.2. The minimum Gasteiger partial charge on any atom is -0.318 e. The number of alkyl halides is 1. The fourth-order valence-corrected chi connectivity index (χ4v) is 3.97. The van der Waals surface area contributed by atoms with Gasteiger partial charge in [0, 0.05) is 12.6 Å². The average Bonchev–Trinajstić information content (AvgIpc) is 2.47. The van der Waals surface area contributed by atoms with E-state index in [0.717, 1.165) is 6.07 Å². The predicted molar refractivity (Wildman–Crippen MR) is 79.3 cm³/mol. The Hall–Kier alpha value is -1.52. The van der Waals surface area contributed by atoms with Gasteiger partial charge < -0.3 is 5.73 Å². The minimum absolute atomic E-state index is 0.0717. The SMILES string of the molecule is CN=[S@@](=O)(C[C@@](N)(CF)c1ccccc1F)C(C)(C)C#N. The summed E-state index contributed by atoms with van der Waals surface area (Å²) in [4.78, 5) is 0. The van der Waals surface area contributed by atoms with Crippen LogP contribution in [0.2, 0.25) is 0 Å². The van der Waals surface area contributed by atoms with E-state index >= 15 is 0 Å². The van der Waals surface area contributed by atoms with Crippen molar-refractivity contribution in [3.8, 4) is 6.07 Å². The number of halogens is 2. The van der Waals surface area contributed by atoms with Crippen molar-refractivity contribution < 1.29 is 13.0 Å². The van der Waals surface area contributed by atoms with Crippen molar-refractivity contribution in [1.29, 1.82) is 5.26 Å². The smallest absolute Gasteiger partial charge is 0.135 e. The number of rotatable bonds is 5. The Labute approximate surface area is 124 Å². The number of hydrogen-bond acceptors (Lipinski definition) is 4. The fourth-order valence-electron chi connectivity index (χ4n) is 1.95. The molecule has 0 saturated heterocycles. The minimum atomic E-state index is -3.16. The summed E-state index contributed by atoms with van der Waals surface area (Å²) in [6, 6.07) is 7.40. The number of nitrogens with zero attached hydrogens (tertiary/aromatic N) is 2. The summed E-state index contributed by atoms with van der Waals surface area (Å²) in [5.74, 6) is -1.11. The molecule has 2 N–H and O–H groups in total. The molecule has 0 fully saturated rings. The second kappa shape index (κ2) is 6.08. The molecule has 0 heterocycles. The summed E-state index contributed by atoms with van der Waals surface area (Å²) in [5.41, 5.74) is 4.10.